The number of carbonyl (C=O) groups excluding carboxylic acids is 2. The van der Waals surface area contributed by atoms with Crippen LogP contribution in [0.4, 0.5) is 0 Å². The summed E-state index contributed by atoms with van der Waals surface area (Å²) in [6.45, 7) is 2.17. The summed E-state index contributed by atoms with van der Waals surface area (Å²) in [4.78, 5) is 24.1. The third-order valence-electron chi connectivity index (χ3n) is 2.50. The standard InChI is InChI=1S/C14H18O3S/c1-3-17-14(16)10-6-8-12(15)11-7-4-5-9-13(11)18-2/h4-5,7,9H,3,6,8,10H2,1-2H3. The van der Waals surface area contributed by atoms with Crippen LogP contribution in [0.3, 0.4) is 0 Å². The topological polar surface area (TPSA) is 43.4 Å². The molecule has 0 amide bonds. The van der Waals surface area contributed by atoms with Crippen molar-refractivity contribution in [2.45, 2.75) is 31.1 Å². The minimum Gasteiger partial charge on any atom is -0.466 e. The quantitative estimate of drug-likeness (QED) is 0.431. The molecule has 98 valence electrons. The van der Waals surface area contributed by atoms with E-state index in [9.17, 15) is 9.59 Å². The van der Waals surface area contributed by atoms with Crippen LogP contribution in [0.15, 0.2) is 29.2 Å². The van der Waals surface area contributed by atoms with Crippen LogP contribution < -0.4 is 0 Å². The first kappa shape index (κ1) is 14.8. The van der Waals surface area contributed by atoms with E-state index in [0.717, 1.165) is 10.5 Å². The van der Waals surface area contributed by atoms with Gasteiger partial charge in [0.05, 0.1) is 6.61 Å². The van der Waals surface area contributed by atoms with E-state index in [1.54, 1.807) is 18.7 Å². The minimum atomic E-state index is -0.233. The van der Waals surface area contributed by atoms with Gasteiger partial charge >= 0.3 is 5.97 Å². The summed E-state index contributed by atoms with van der Waals surface area (Å²) in [5, 5.41) is 0. The van der Waals surface area contributed by atoms with Crippen LogP contribution >= 0.6 is 11.8 Å². The summed E-state index contributed by atoms with van der Waals surface area (Å²) in [6, 6.07) is 7.54. The van der Waals surface area contributed by atoms with Crippen LogP contribution in [0.5, 0.6) is 0 Å². The molecule has 0 spiro atoms. The number of rotatable bonds is 7. The first-order valence-corrected chi connectivity index (χ1v) is 7.23. The van der Waals surface area contributed by atoms with E-state index in [-0.39, 0.29) is 11.8 Å². The van der Waals surface area contributed by atoms with Crippen LogP contribution in [0.25, 0.3) is 0 Å². The number of Topliss-reactive ketones (excluding diaryl/α,β-unsaturated/α-hetero) is 1. The Kier molecular flexibility index (Phi) is 6.50. The molecule has 0 N–H and O–H groups in total. The molecule has 3 nitrogen and oxygen atoms in total. The second-order valence-corrected chi connectivity index (χ2v) is 4.63. The summed E-state index contributed by atoms with van der Waals surface area (Å²) in [5.41, 5.74) is 0.744. The van der Waals surface area contributed by atoms with E-state index in [1.807, 2.05) is 30.5 Å². The molecule has 0 bridgehead atoms. The minimum absolute atomic E-state index is 0.0873. The fourth-order valence-electron chi connectivity index (χ4n) is 1.64. The van der Waals surface area contributed by atoms with Crippen LogP contribution in [0.2, 0.25) is 0 Å². The molecule has 0 heterocycles. The SMILES string of the molecule is CCOC(=O)CCCC(=O)c1ccccc1SC. The molecule has 0 saturated carbocycles. The van der Waals surface area contributed by atoms with Crippen molar-refractivity contribution in [2.24, 2.45) is 0 Å². The molecular weight excluding hydrogens is 248 g/mol. The molecule has 0 atom stereocenters. The maximum absolute atomic E-state index is 12.0. The molecule has 1 aromatic carbocycles. The summed E-state index contributed by atoms with van der Waals surface area (Å²) >= 11 is 1.56. The average Bonchev–Trinajstić information content (AvgIpc) is 2.38. The third-order valence-corrected chi connectivity index (χ3v) is 3.29. The molecule has 0 radical (unpaired) electrons. The first-order valence-electron chi connectivity index (χ1n) is 6.00. The van der Waals surface area contributed by atoms with Gasteiger partial charge in [-0.2, -0.15) is 0 Å². The Morgan fingerprint density at radius 3 is 2.61 bits per heavy atom. The van der Waals surface area contributed by atoms with Gasteiger partial charge < -0.3 is 4.74 Å². The second kappa shape index (κ2) is 7.93. The van der Waals surface area contributed by atoms with Crippen LogP contribution in [0.1, 0.15) is 36.5 Å². The summed E-state index contributed by atoms with van der Waals surface area (Å²) in [6.07, 6.45) is 3.18. The lowest BCUT2D eigenvalue weighted by Crippen LogP contribution is -2.06. The molecule has 0 aliphatic rings. The van der Waals surface area contributed by atoms with Gasteiger partial charge in [-0.3, -0.25) is 9.59 Å². The molecule has 18 heavy (non-hydrogen) atoms. The zero-order valence-corrected chi connectivity index (χ0v) is 11.6. The van der Waals surface area contributed by atoms with Crippen molar-refractivity contribution in [3.05, 3.63) is 29.8 Å². The normalized spacial score (nSPS) is 10.1. The predicted octanol–water partition coefficient (Wildman–Crippen LogP) is 3.32. The lowest BCUT2D eigenvalue weighted by atomic mass is 10.1. The Bertz CT molecular complexity index is 415. The van der Waals surface area contributed by atoms with Crippen molar-refractivity contribution in [2.75, 3.05) is 12.9 Å². The van der Waals surface area contributed by atoms with Gasteiger partial charge in [0.15, 0.2) is 5.78 Å². The fraction of sp³-hybridized carbons (Fsp3) is 0.429. The zero-order valence-electron chi connectivity index (χ0n) is 10.8. The van der Waals surface area contributed by atoms with E-state index in [2.05, 4.69) is 0 Å². The molecule has 0 unspecified atom stereocenters. The van der Waals surface area contributed by atoms with Crippen molar-refractivity contribution in [3.8, 4) is 0 Å². The maximum atomic E-state index is 12.0. The molecule has 0 fully saturated rings. The van der Waals surface area contributed by atoms with Crippen molar-refractivity contribution >= 4 is 23.5 Å². The molecule has 0 aromatic heterocycles. The van der Waals surface area contributed by atoms with Gasteiger partial charge in [-0.15, -0.1) is 11.8 Å². The number of hydrogen-bond acceptors (Lipinski definition) is 4. The fourth-order valence-corrected chi connectivity index (χ4v) is 2.25. The molecule has 0 aliphatic carbocycles. The number of ketones is 1. The van der Waals surface area contributed by atoms with Crippen molar-refractivity contribution < 1.29 is 14.3 Å². The van der Waals surface area contributed by atoms with Gasteiger partial charge in [-0.05, 0) is 25.7 Å². The zero-order chi connectivity index (χ0) is 13.4. The van der Waals surface area contributed by atoms with Gasteiger partial charge in [0.1, 0.15) is 0 Å². The highest BCUT2D eigenvalue weighted by Crippen LogP contribution is 2.21. The number of esters is 1. The molecular formula is C14H18O3S. The monoisotopic (exact) mass is 266 g/mol. The molecule has 1 aromatic rings. The molecule has 1 rings (SSSR count). The van der Waals surface area contributed by atoms with Crippen LogP contribution in [-0.4, -0.2) is 24.6 Å². The summed E-state index contributed by atoms with van der Waals surface area (Å²) in [7, 11) is 0. The summed E-state index contributed by atoms with van der Waals surface area (Å²) < 4.78 is 4.82. The molecule has 4 heteroatoms. The average molecular weight is 266 g/mol. The van der Waals surface area contributed by atoms with Gasteiger partial charge in [-0.1, -0.05) is 18.2 Å². The smallest absolute Gasteiger partial charge is 0.305 e. The van der Waals surface area contributed by atoms with Crippen LogP contribution in [-0.2, 0) is 9.53 Å². The first-order chi connectivity index (χ1) is 8.69. The number of thioether (sulfide) groups is 1. The Balaban J connectivity index is 2.48. The van der Waals surface area contributed by atoms with Crippen LogP contribution in [0, 0.1) is 0 Å². The number of hydrogen-bond donors (Lipinski definition) is 0. The van der Waals surface area contributed by atoms with Gasteiger partial charge in [0.25, 0.3) is 0 Å². The van der Waals surface area contributed by atoms with Gasteiger partial charge in [0, 0.05) is 23.3 Å². The predicted molar refractivity (Wildman–Crippen MR) is 73.0 cm³/mol. The third kappa shape index (κ3) is 4.53. The lowest BCUT2D eigenvalue weighted by Gasteiger charge is -2.06. The molecule has 0 aliphatic heterocycles. The maximum Gasteiger partial charge on any atom is 0.305 e. The number of ether oxygens (including phenoxy) is 1. The van der Waals surface area contributed by atoms with E-state index in [4.69, 9.17) is 4.74 Å². The largest absolute Gasteiger partial charge is 0.466 e. The van der Waals surface area contributed by atoms with E-state index in [0.29, 0.717) is 25.9 Å². The van der Waals surface area contributed by atoms with Gasteiger partial charge in [0.2, 0.25) is 0 Å². The lowest BCUT2D eigenvalue weighted by molar-refractivity contribution is -0.143. The second-order valence-electron chi connectivity index (χ2n) is 3.78. The van der Waals surface area contributed by atoms with Gasteiger partial charge in [-0.25, -0.2) is 0 Å². The Labute approximate surface area is 112 Å². The Hall–Kier alpha value is -1.29. The van der Waals surface area contributed by atoms with E-state index >= 15 is 0 Å². The highest BCUT2D eigenvalue weighted by Gasteiger charge is 2.11. The molecule has 0 saturated heterocycles. The van der Waals surface area contributed by atoms with Crippen molar-refractivity contribution in [1.29, 1.82) is 0 Å². The Morgan fingerprint density at radius 1 is 1.22 bits per heavy atom. The number of benzene rings is 1. The summed E-state index contributed by atoms with van der Waals surface area (Å²) in [5.74, 6) is -0.146. The van der Waals surface area contributed by atoms with Crippen molar-refractivity contribution in [1.82, 2.24) is 0 Å². The van der Waals surface area contributed by atoms with E-state index < -0.39 is 0 Å². The number of carbonyl (C=O) groups is 2. The highest BCUT2D eigenvalue weighted by atomic mass is 32.2. The van der Waals surface area contributed by atoms with Crippen molar-refractivity contribution in [3.63, 3.8) is 0 Å². The highest BCUT2D eigenvalue weighted by molar-refractivity contribution is 7.98. The Morgan fingerprint density at radius 2 is 1.94 bits per heavy atom. The van der Waals surface area contributed by atoms with E-state index in [1.165, 1.54) is 0 Å².